The molecule has 0 spiro atoms. The quantitative estimate of drug-likeness (QED) is 0.191. The van der Waals surface area contributed by atoms with Crippen LogP contribution < -0.4 is 15.5 Å². The Labute approximate surface area is 341 Å². The zero-order valence-electron chi connectivity index (χ0n) is 33.8. The van der Waals surface area contributed by atoms with Crippen molar-refractivity contribution in [3.8, 4) is 0 Å². The van der Waals surface area contributed by atoms with Crippen LogP contribution in [0.25, 0.3) is 0 Å². The number of alkyl halides is 1. The van der Waals surface area contributed by atoms with Gasteiger partial charge in [-0.05, 0) is 150 Å². The SMILES string of the molecule is COC(=O)N[C@H]1CCC[C@@H]1C(CN1CCC1)(c1cccc(F)c1)C1CCN(CC2(F)CN(c3ccc(S(=O)(=O)c4ccc(C(=O)NCC(C)(C)O)cc4)cc3)C2)CC1. The van der Waals surface area contributed by atoms with Gasteiger partial charge in [0.2, 0.25) is 9.84 Å². The van der Waals surface area contributed by atoms with Gasteiger partial charge in [-0.1, -0.05) is 18.6 Å². The van der Waals surface area contributed by atoms with E-state index in [1.165, 1.54) is 49.6 Å². The summed E-state index contributed by atoms with van der Waals surface area (Å²) in [5.74, 6) is -0.366. The number of sulfone groups is 1. The van der Waals surface area contributed by atoms with Gasteiger partial charge >= 0.3 is 6.09 Å². The molecule has 314 valence electrons. The summed E-state index contributed by atoms with van der Waals surface area (Å²) < 4.78 is 63.2. The standard InChI is InChI=1S/C44H57F2N5O6S/c1-42(2,54)26-47-40(52)31-11-15-36(16-12-31)58(55,56)37-17-13-35(14-18-37)51-28-43(46,29-51)27-50-23-19-32(20-24-50)44(30-49-21-6-22-49,33-7-4-8-34(45)25-33)38-9-5-10-39(38)48-41(53)57-3/h4,7-8,11-18,25,32,38-39,54H,5-6,9-10,19-24,26-30H2,1-3H3,(H,47,52)(H,48,53)/t38-,39-,44?/m0/s1. The third-order valence-electron chi connectivity index (χ3n) is 12.9. The van der Waals surface area contributed by atoms with Gasteiger partial charge in [-0.2, -0.15) is 0 Å². The maximum absolute atomic E-state index is 16.3. The van der Waals surface area contributed by atoms with Gasteiger partial charge < -0.3 is 30.3 Å². The fraction of sp³-hybridized carbons (Fsp3) is 0.545. The second-order valence-electron chi connectivity index (χ2n) is 17.5. The summed E-state index contributed by atoms with van der Waals surface area (Å²) in [4.78, 5) is 31.7. The first-order valence-corrected chi connectivity index (χ1v) is 22.0. The third kappa shape index (κ3) is 9.05. The maximum Gasteiger partial charge on any atom is 0.407 e. The highest BCUT2D eigenvalue weighted by molar-refractivity contribution is 7.91. The Balaban J connectivity index is 0.983. The second kappa shape index (κ2) is 16.9. The average Bonchev–Trinajstić information content (AvgIpc) is 3.64. The van der Waals surface area contributed by atoms with E-state index in [0.29, 0.717) is 19.6 Å². The summed E-state index contributed by atoms with van der Waals surface area (Å²) >= 11 is 0. The van der Waals surface area contributed by atoms with Gasteiger partial charge in [-0.25, -0.2) is 22.0 Å². The number of hydrogen-bond donors (Lipinski definition) is 3. The van der Waals surface area contributed by atoms with Gasteiger partial charge in [0.1, 0.15) is 5.82 Å². The minimum atomic E-state index is -3.86. The molecule has 3 aromatic carbocycles. The van der Waals surface area contributed by atoms with Crippen molar-refractivity contribution in [2.24, 2.45) is 11.8 Å². The fourth-order valence-corrected chi connectivity index (χ4v) is 11.1. The maximum atomic E-state index is 16.3. The van der Waals surface area contributed by atoms with Crippen LogP contribution in [0.2, 0.25) is 0 Å². The van der Waals surface area contributed by atoms with Crippen LogP contribution in [0, 0.1) is 17.7 Å². The lowest BCUT2D eigenvalue weighted by molar-refractivity contribution is 0.00584. The molecule has 2 amide bonds. The van der Waals surface area contributed by atoms with Crippen molar-refractivity contribution < 1.29 is 36.6 Å². The van der Waals surface area contributed by atoms with E-state index >= 15 is 8.78 Å². The normalized spacial score (nSPS) is 22.7. The lowest BCUT2D eigenvalue weighted by Crippen LogP contribution is -2.65. The molecule has 0 aromatic heterocycles. The topological polar surface area (TPSA) is 132 Å². The molecular weight excluding hydrogens is 765 g/mol. The van der Waals surface area contributed by atoms with E-state index in [1.54, 1.807) is 38.1 Å². The number of anilines is 1. The van der Waals surface area contributed by atoms with Gasteiger partial charge in [0, 0.05) is 42.3 Å². The lowest BCUT2D eigenvalue weighted by Gasteiger charge is -2.54. The van der Waals surface area contributed by atoms with E-state index in [1.807, 2.05) is 4.90 Å². The van der Waals surface area contributed by atoms with Crippen LogP contribution in [-0.4, -0.2) is 119 Å². The van der Waals surface area contributed by atoms with E-state index in [2.05, 4.69) is 26.5 Å². The minimum Gasteiger partial charge on any atom is -0.453 e. The molecule has 3 N–H and O–H groups in total. The predicted molar refractivity (Wildman–Crippen MR) is 218 cm³/mol. The Morgan fingerprint density at radius 2 is 1.55 bits per heavy atom. The summed E-state index contributed by atoms with van der Waals surface area (Å²) in [6, 6.07) is 19.1. The molecule has 0 radical (unpaired) electrons. The first-order chi connectivity index (χ1) is 27.6. The second-order valence-corrected chi connectivity index (χ2v) is 19.5. The van der Waals surface area contributed by atoms with E-state index in [4.69, 9.17) is 4.74 Å². The van der Waals surface area contributed by atoms with Crippen LogP contribution in [0.5, 0.6) is 0 Å². The van der Waals surface area contributed by atoms with Gasteiger partial charge in [0.15, 0.2) is 5.67 Å². The van der Waals surface area contributed by atoms with Crippen molar-refractivity contribution in [1.29, 1.82) is 0 Å². The number of hydrogen-bond acceptors (Lipinski definition) is 9. The smallest absolute Gasteiger partial charge is 0.407 e. The fourth-order valence-electron chi connectivity index (χ4n) is 9.82. The molecule has 58 heavy (non-hydrogen) atoms. The Morgan fingerprint density at radius 1 is 0.897 bits per heavy atom. The molecule has 1 saturated carbocycles. The number of carbonyl (C=O) groups is 2. The van der Waals surface area contributed by atoms with Gasteiger partial charge in [-0.15, -0.1) is 0 Å². The van der Waals surface area contributed by atoms with Crippen LogP contribution >= 0.6 is 0 Å². The molecule has 4 aliphatic rings. The number of piperidine rings is 1. The highest BCUT2D eigenvalue weighted by Gasteiger charge is 2.54. The van der Waals surface area contributed by atoms with Crippen molar-refractivity contribution >= 4 is 27.5 Å². The van der Waals surface area contributed by atoms with E-state index in [0.717, 1.165) is 69.4 Å². The van der Waals surface area contributed by atoms with Crippen molar-refractivity contribution in [3.63, 3.8) is 0 Å². The van der Waals surface area contributed by atoms with Crippen molar-refractivity contribution in [2.75, 3.05) is 70.9 Å². The molecule has 0 bridgehead atoms. The first kappa shape index (κ1) is 42.0. The predicted octanol–water partition coefficient (Wildman–Crippen LogP) is 5.57. The number of rotatable bonds is 14. The summed E-state index contributed by atoms with van der Waals surface area (Å²) in [6.45, 7) is 8.12. The molecule has 4 fully saturated rings. The summed E-state index contributed by atoms with van der Waals surface area (Å²) in [6.07, 6.45) is 5.09. The van der Waals surface area contributed by atoms with Crippen LogP contribution in [-0.2, 0) is 20.0 Å². The first-order valence-electron chi connectivity index (χ1n) is 20.5. The molecule has 3 aromatic rings. The molecule has 1 unspecified atom stereocenters. The molecule has 3 heterocycles. The molecule has 7 rings (SSSR count). The van der Waals surface area contributed by atoms with E-state index in [9.17, 15) is 23.1 Å². The van der Waals surface area contributed by atoms with Crippen molar-refractivity contribution in [2.45, 2.75) is 84.9 Å². The van der Waals surface area contributed by atoms with Gasteiger partial charge in [-0.3, -0.25) is 9.69 Å². The molecule has 11 nitrogen and oxygen atoms in total. The van der Waals surface area contributed by atoms with Crippen LogP contribution in [0.15, 0.2) is 82.6 Å². The van der Waals surface area contributed by atoms with Crippen molar-refractivity contribution in [1.82, 2.24) is 20.4 Å². The monoisotopic (exact) mass is 821 g/mol. The number of methoxy groups -OCH3 is 1. The molecule has 1 aliphatic carbocycles. The van der Waals surface area contributed by atoms with Crippen LogP contribution in [0.3, 0.4) is 0 Å². The lowest BCUT2D eigenvalue weighted by atomic mass is 9.57. The number of nitrogens with zero attached hydrogens (tertiary/aromatic N) is 3. The number of nitrogens with one attached hydrogen (secondary N) is 2. The largest absolute Gasteiger partial charge is 0.453 e. The van der Waals surface area contributed by atoms with E-state index < -0.39 is 38.5 Å². The highest BCUT2D eigenvalue weighted by Crippen LogP contribution is 2.51. The Kier molecular flexibility index (Phi) is 12.2. The highest BCUT2D eigenvalue weighted by atomic mass is 32.2. The Bertz CT molecular complexity index is 2030. The molecule has 3 atom stereocenters. The molecule has 14 heteroatoms. The van der Waals surface area contributed by atoms with Gasteiger partial charge in [0.05, 0.1) is 35.6 Å². The Morgan fingerprint density at radius 3 is 2.14 bits per heavy atom. The van der Waals surface area contributed by atoms with Crippen LogP contribution in [0.1, 0.15) is 68.3 Å². The number of ether oxygens (including phenoxy) is 1. The number of carbonyl (C=O) groups excluding carboxylic acids is 2. The minimum absolute atomic E-state index is 0.0458. The number of alkyl carbamates (subject to hydrolysis) is 1. The number of halogens is 2. The summed E-state index contributed by atoms with van der Waals surface area (Å²) in [5.41, 5.74) is -0.888. The van der Waals surface area contributed by atoms with E-state index in [-0.39, 0.29) is 58.7 Å². The molecular formula is C44H57F2N5O6S. The molecule has 3 aliphatic heterocycles. The molecule has 3 saturated heterocycles. The average molecular weight is 822 g/mol. The number of aliphatic hydroxyl groups is 1. The zero-order valence-corrected chi connectivity index (χ0v) is 34.6. The third-order valence-corrected chi connectivity index (χ3v) is 14.6. The number of amides is 2. The van der Waals surface area contributed by atoms with Crippen molar-refractivity contribution in [3.05, 3.63) is 89.7 Å². The number of likely N-dealkylation sites (tertiary alicyclic amines) is 2. The number of benzene rings is 3. The van der Waals surface area contributed by atoms with Crippen LogP contribution in [0.4, 0.5) is 19.3 Å². The van der Waals surface area contributed by atoms with Gasteiger partial charge in [0.25, 0.3) is 5.91 Å². The summed E-state index contributed by atoms with van der Waals surface area (Å²) in [7, 11) is -2.48. The zero-order chi connectivity index (χ0) is 41.3. The summed E-state index contributed by atoms with van der Waals surface area (Å²) in [5, 5.41) is 15.6. The Hall–Kier alpha value is -4.11.